The second-order valence-corrected chi connectivity index (χ2v) is 9.22. The Hall–Kier alpha value is -2.14. The van der Waals surface area contributed by atoms with Gasteiger partial charge in [-0.3, -0.25) is 10.1 Å². The number of aromatic amines is 1. The number of nitrogens with zero attached hydrogens (tertiary/aromatic N) is 3. The average molecular weight is 413 g/mol. The second-order valence-electron chi connectivity index (χ2n) is 7.35. The number of hydrogen-bond donors (Lipinski definition) is 3. The van der Waals surface area contributed by atoms with Crippen LogP contribution >= 0.6 is 0 Å². The predicted molar refractivity (Wildman–Crippen MR) is 104 cm³/mol. The summed E-state index contributed by atoms with van der Waals surface area (Å²) in [5.41, 5.74) is 0.746. The van der Waals surface area contributed by atoms with Gasteiger partial charge in [0.2, 0.25) is 21.9 Å². The normalized spacial score (nSPS) is 18.8. The molecule has 3 heterocycles. The first kappa shape index (κ1) is 20.6. The van der Waals surface area contributed by atoms with Crippen molar-refractivity contribution < 1.29 is 18.0 Å². The molecule has 156 valence electrons. The van der Waals surface area contributed by atoms with Crippen molar-refractivity contribution in [3.05, 3.63) is 11.9 Å². The zero-order valence-corrected chi connectivity index (χ0v) is 16.9. The van der Waals surface area contributed by atoms with Crippen molar-refractivity contribution >= 4 is 27.9 Å². The van der Waals surface area contributed by atoms with Gasteiger partial charge in [0.15, 0.2) is 0 Å². The van der Waals surface area contributed by atoms with Crippen LogP contribution in [0.15, 0.2) is 6.20 Å². The minimum absolute atomic E-state index is 0.0234. The number of imide groups is 1. The molecule has 2 aliphatic heterocycles. The molecule has 0 aromatic carbocycles. The van der Waals surface area contributed by atoms with Crippen LogP contribution in [0.1, 0.15) is 50.8 Å². The maximum atomic E-state index is 12.3. The molecule has 0 spiro atoms. The summed E-state index contributed by atoms with van der Waals surface area (Å²) in [4.78, 5) is 33.7. The van der Waals surface area contributed by atoms with Gasteiger partial charge in [0.1, 0.15) is 6.54 Å². The summed E-state index contributed by atoms with van der Waals surface area (Å²) in [6.45, 7) is 4.27. The number of nitrogens with one attached hydrogen (secondary N) is 3. The highest BCUT2D eigenvalue weighted by molar-refractivity contribution is 7.89. The van der Waals surface area contributed by atoms with Crippen LogP contribution in [-0.2, 0) is 14.8 Å². The molecule has 2 saturated heterocycles. The van der Waals surface area contributed by atoms with E-state index >= 15 is 0 Å². The van der Waals surface area contributed by atoms with E-state index in [9.17, 15) is 18.0 Å². The summed E-state index contributed by atoms with van der Waals surface area (Å²) >= 11 is 0. The van der Waals surface area contributed by atoms with Crippen LogP contribution in [0.5, 0.6) is 0 Å². The number of aromatic nitrogens is 2. The molecule has 0 radical (unpaired) electrons. The van der Waals surface area contributed by atoms with E-state index in [0.29, 0.717) is 25.8 Å². The van der Waals surface area contributed by atoms with Crippen molar-refractivity contribution in [3.63, 3.8) is 0 Å². The van der Waals surface area contributed by atoms with Crippen molar-refractivity contribution in [2.24, 2.45) is 0 Å². The number of sulfonamides is 1. The Morgan fingerprint density at radius 2 is 1.96 bits per heavy atom. The van der Waals surface area contributed by atoms with Crippen LogP contribution in [0.25, 0.3) is 0 Å². The van der Waals surface area contributed by atoms with E-state index < -0.39 is 10.0 Å². The maximum absolute atomic E-state index is 12.3. The molecule has 1 aromatic rings. The number of imidazole rings is 1. The number of unbranched alkanes of at least 4 members (excludes halogenated alkanes) is 2. The number of amides is 3. The Morgan fingerprint density at radius 3 is 2.64 bits per heavy atom. The third kappa shape index (κ3) is 5.44. The van der Waals surface area contributed by atoms with Crippen molar-refractivity contribution in [1.82, 2.24) is 24.9 Å². The van der Waals surface area contributed by atoms with Crippen molar-refractivity contribution in [2.45, 2.75) is 45.1 Å². The Kier molecular flexibility index (Phi) is 6.55. The number of urea groups is 1. The lowest BCUT2D eigenvalue weighted by molar-refractivity contribution is -0.118. The van der Waals surface area contributed by atoms with Crippen molar-refractivity contribution in [1.29, 1.82) is 0 Å². The van der Waals surface area contributed by atoms with Gasteiger partial charge >= 0.3 is 6.03 Å². The van der Waals surface area contributed by atoms with Crippen LogP contribution in [-0.4, -0.2) is 67.2 Å². The molecule has 1 aromatic heterocycles. The molecule has 2 fully saturated rings. The molecular weight excluding hydrogens is 384 g/mol. The standard InChI is InChI=1S/C17H28N6O4S/c1-13(14-11-18-16(19-14)22-7-4-5-8-22)21-28(26,27)10-6-2-3-9-23-12-15(24)20-17(23)25/h11,13,21H,2-10,12H2,1H3,(H,18,19)(H,20,24,25). The van der Waals surface area contributed by atoms with Gasteiger partial charge in [0, 0.05) is 19.6 Å². The monoisotopic (exact) mass is 412 g/mol. The third-order valence-electron chi connectivity index (χ3n) is 5.02. The highest BCUT2D eigenvalue weighted by atomic mass is 32.2. The third-order valence-corrected chi connectivity index (χ3v) is 6.56. The molecular formula is C17H28N6O4S. The number of carbonyl (C=O) groups is 2. The quantitative estimate of drug-likeness (QED) is 0.384. The lowest BCUT2D eigenvalue weighted by Gasteiger charge is -2.15. The Bertz CT molecular complexity index is 802. The van der Waals surface area contributed by atoms with Crippen LogP contribution in [0, 0.1) is 0 Å². The fourth-order valence-corrected chi connectivity index (χ4v) is 4.83. The Balaban J connectivity index is 1.38. The first-order chi connectivity index (χ1) is 13.3. The summed E-state index contributed by atoms with van der Waals surface area (Å²) in [7, 11) is -3.42. The summed E-state index contributed by atoms with van der Waals surface area (Å²) < 4.78 is 27.3. The first-order valence-electron chi connectivity index (χ1n) is 9.73. The minimum atomic E-state index is -3.42. The van der Waals surface area contributed by atoms with E-state index in [1.54, 1.807) is 13.1 Å². The molecule has 1 unspecified atom stereocenters. The number of anilines is 1. The van der Waals surface area contributed by atoms with Gasteiger partial charge in [-0.2, -0.15) is 0 Å². The van der Waals surface area contributed by atoms with Gasteiger partial charge in [-0.15, -0.1) is 0 Å². The molecule has 1 atom stereocenters. The van der Waals surface area contributed by atoms with E-state index in [1.807, 2.05) is 0 Å². The molecule has 3 rings (SSSR count). The van der Waals surface area contributed by atoms with E-state index in [2.05, 4.69) is 24.9 Å². The molecule has 3 N–H and O–H groups in total. The smallest absolute Gasteiger partial charge is 0.324 e. The Morgan fingerprint density at radius 1 is 1.21 bits per heavy atom. The van der Waals surface area contributed by atoms with E-state index in [0.717, 1.165) is 37.6 Å². The molecule has 28 heavy (non-hydrogen) atoms. The summed E-state index contributed by atoms with van der Waals surface area (Å²) in [6.07, 6.45) is 5.80. The number of carbonyl (C=O) groups excluding carboxylic acids is 2. The molecule has 10 nitrogen and oxygen atoms in total. The van der Waals surface area contributed by atoms with Crippen LogP contribution < -0.4 is 14.9 Å². The van der Waals surface area contributed by atoms with E-state index in [1.165, 1.54) is 4.90 Å². The van der Waals surface area contributed by atoms with E-state index in [4.69, 9.17) is 0 Å². The lowest BCUT2D eigenvalue weighted by atomic mass is 10.2. The zero-order chi connectivity index (χ0) is 20.1. The number of hydrogen-bond acceptors (Lipinski definition) is 6. The minimum Gasteiger partial charge on any atom is -0.342 e. The number of rotatable bonds is 10. The van der Waals surface area contributed by atoms with Crippen molar-refractivity contribution in [2.75, 3.05) is 36.8 Å². The second kappa shape index (κ2) is 8.91. The fourth-order valence-electron chi connectivity index (χ4n) is 3.46. The summed E-state index contributed by atoms with van der Waals surface area (Å²) in [5, 5.41) is 2.22. The SMILES string of the molecule is CC(NS(=O)(=O)CCCCCN1CC(=O)NC1=O)c1cnc(N2CCCC2)[nH]1. The summed E-state index contributed by atoms with van der Waals surface area (Å²) in [6, 6.07) is -0.755. The summed E-state index contributed by atoms with van der Waals surface area (Å²) in [5.74, 6) is 0.524. The van der Waals surface area contributed by atoms with Crippen molar-refractivity contribution in [3.8, 4) is 0 Å². The topological polar surface area (TPSA) is 128 Å². The van der Waals surface area contributed by atoms with Gasteiger partial charge in [0.25, 0.3) is 0 Å². The van der Waals surface area contributed by atoms with Crippen LogP contribution in [0.3, 0.4) is 0 Å². The van der Waals surface area contributed by atoms with Crippen LogP contribution in [0.2, 0.25) is 0 Å². The predicted octanol–water partition coefficient (Wildman–Crippen LogP) is 0.712. The fraction of sp³-hybridized carbons (Fsp3) is 0.706. The van der Waals surface area contributed by atoms with Gasteiger partial charge in [-0.05, 0) is 32.6 Å². The van der Waals surface area contributed by atoms with Gasteiger partial charge in [-0.25, -0.2) is 22.9 Å². The Labute approximate surface area is 165 Å². The van der Waals surface area contributed by atoms with E-state index in [-0.39, 0.29) is 30.3 Å². The molecule has 0 aliphatic carbocycles. The highest BCUT2D eigenvalue weighted by Gasteiger charge is 2.26. The van der Waals surface area contributed by atoms with Gasteiger partial charge < -0.3 is 14.8 Å². The highest BCUT2D eigenvalue weighted by Crippen LogP contribution is 2.19. The molecule has 0 bridgehead atoms. The molecule has 11 heteroatoms. The molecule has 2 aliphatic rings. The average Bonchev–Trinajstić information content (AvgIpc) is 3.35. The maximum Gasteiger partial charge on any atom is 0.324 e. The largest absolute Gasteiger partial charge is 0.342 e. The number of H-pyrrole nitrogens is 1. The lowest BCUT2D eigenvalue weighted by Crippen LogP contribution is -2.30. The molecule has 0 saturated carbocycles. The molecule has 3 amide bonds. The van der Waals surface area contributed by atoms with Gasteiger partial charge in [0.05, 0.1) is 23.7 Å². The zero-order valence-electron chi connectivity index (χ0n) is 16.1. The van der Waals surface area contributed by atoms with Gasteiger partial charge in [-0.1, -0.05) is 6.42 Å². The first-order valence-corrected chi connectivity index (χ1v) is 11.4. The van der Waals surface area contributed by atoms with Crippen LogP contribution in [0.4, 0.5) is 10.7 Å².